The second-order valence-corrected chi connectivity index (χ2v) is 9.64. The van der Waals surface area contributed by atoms with E-state index in [0.29, 0.717) is 13.1 Å². The van der Waals surface area contributed by atoms with Crippen LogP contribution in [0.15, 0.2) is 53.4 Å². The number of nitrogens with one attached hydrogen (secondary N) is 1. The monoisotopic (exact) mass is 444 g/mol. The third-order valence-electron chi connectivity index (χ3n) is 5.60. The zero-order valence-corrected chi connectivity index (χ0v) is 18.6. The fourth-order valence-corrected chi connectivity index (χ4v) is 5.12. The average molecular weight is 445 g/mol. The number of amides is 3. The zero-order valence-electron chi connectivity index (χ0n) is 17.7. The van der Waals surface area contributed by atoms with Gasteiger partial charge in [-0.1, -0.05) is 36.4 Å². The van der Waals surface area contributed by atoms with E-state index in [9.17, 15) is 18.0 Å². The molecule has 0 spiro atoms. The highest BCUT2D eigenvalue weighted by molar-refractivity contribution is 7.89. The van der Waals surface area contributed by atoms with Crippen LogP contribution in [0, 0.1) is 13.8 Å². The molecule has 0 bridgehead atoms. The largest absolute Gasteiger partial charge is 0.352 e. The van der Waals surface area contributed by atoms with E-state index in [1.165, 1.54) is 4.31 Å². The third-order valence-corrected chi connectivity index (χ3v) is 7.50. The Balaban J connectivity index is 1.64. The molecule has 0 aliphatic carbocycles. The van der Waals surface area contributed by atoms with E-state index in [1.54, 1.807) is 23.1 Å². The van der Waals surface area contributed by atoms with Crippen LogP contribution in [0.4, 0.5) is 4.79 Å². The van der Waals surface area contributed by atoms with Crippen LogP contribution in [0.1, 0.15) is 29.2 Å². The van der Waals surface area contributed by atoms with Crippen molar-refractivity contribution >= 4 is 22.0 Å². The molecule has 1 atom stereocenters. The van der Waals surface area contributed by atoms with E-state index in [2.05, 4.69) is 5.32 Å². The Morgan fingerprint density at radius 1 is 1.00 bits per heavy atom. The van der Waals surface area contributed by atoms with Crippen LogP contribution < -0.4 is 11.1 Å². The molecule has 1 aliphatic heterocycles. The van der Waals surface area contributed by atoms with Crippen molar-refractivity contribution in [1.82, 2.24) is 14.5 Å². The lowest BCUT2D eigenvalue weighted by Gasteiger charge is -2.34. The first kappa shape index (κ1) is 22.8. The van der Waals surface area contributed by atoms with Gasteiger partial charge in [0, 0.05) is 26.2 Å². The molecule has 1 aliphatic rings. The fraction of sp³-hybridized carbons (Fsp3) is 0.364. The van der Waals surface area contributed by atoms with E-state index >= 15 is 0 Å². The Kier molecular flexibility index (Phi) is 6.97. The molecule has 0 saturated carbocycles. The van der Waals surface area contributed by atoms with E-state index in [0.717, 1.165) is 16.7 Å². The summed E-state index contributed by atoms with van der Waals surface area (Å²) < 4.78 is 27.4. The molecule has 9 heteroatoms. The van der Waals surface area contributed by atoms with Crippen LogP contribution in [0.5, 0.6) is 0 Å². The number of carbonyl (C=O) groups excluding carboxylic acids is 2. The summed E-state index contributed by atoms with van der Waals surface area (Å²) in [5.74, 6) is -0.161. The van der Waals surface area contributed by atoms with Crippen molar-refractivity contribution in [3.05, 3.63) is 65.2 Å². The Hall–Kier alpha value is -2.91. The molecule has 3 N–H and O–H groups in total. The SMILES string of the molecule is Cc1ccc(S(=O)(=O)N2CCN(C(=O)CC(NC(N)=O)c3ccccc3)CC2)cc1C. The first-order valence-corrected chi connectivity index (χ1v) is 11.6. The van der Waals surface area contributed by atoms with Crippen molar-refractivity contribution in [1.29, 1.82) is 0 Å². The molecule has 1 unspecified atom stereocenters. The summed E-state index contributed by atoms with van der Waals surface area (Å²) in [6.07, 6.45) is 0.0524. The van der Waals surface area contributed by atoms with Gasteiger partial charge in [-0.25, -0.2) is 13.2 Å². The number of benzene rings is 2. The summed E-state index contributed by atoms with van der Waals surface area (Å²) in [5, 5.41) is 2.62. The number of aryl methyl sites for hydroxylation is 2. The van der Waals surface area contributed by atoms with Crippen LogP contribution in [-0.4, -0.2) is 55.7 Å². The molecule has 166 valence electrons. The van der Waals surface area contributed by atoms with E-state index in [4.69, 9.17) is 5.73 Å². The van der Waals surface area contributed by atoms with E-state index < -0.39 is 22.1 Å². The second-order valence-electron chi connectivity index (χ2n) is 7.71. The molecular weight excluding hydrogens is 416 g/mol. The van der Waals surface area contributed by atoms with Gasteiger partial charge in [0.05, 0.1) is 17.4 Å². The standard InChI is InChI=1S/C22H28N4O4S/c1-16-8-9-19(14-17(16)2)31(29,30)26-12-10-25(11-13-26)21(27)15-20(24-22(23)28)18-6-4-3-5-7-18/h3-9,14,20H,10-13,15H2,1-2H3,(H3,23,24,28). The lowest BCUT2D eigenvalue weighted by molar-refractivity contribution is -0.132. The summed E-state index contributed by atoms with van der Waals surface area (Å²) in [6.45, 7) is 4.85. The maximum atomic E-state index is 13.0. The van der Waals surface area contributed by atoms with Crippen molar-refractivity contribution in [2.45, 2.75) is 31.2 Å². The first-order chi connectivity index (χ1) is 14.7. The number of urea groups is 1. The molecule has 1 fully saturated rings. The van der Waals surface area contributed by atoms with Gasteiger partial charge in [0.1, 0.15) is 0 Å². The van der Waals surface area contributed by atoms with Gasteiger partial charge in [-0.05, 0) is 42.7 Å². The number of sulfonamides is 1. The molecule has 3 rings (SSSR count). The number of hydrogen-bond acceptors (Lipinski definition) is 4. The summed E-state index contributed by atoms with van der Waals surface area (Å²) in [6, 6.07) is 13.0. The van der Waals surface area contributed by atoms with Crippen LogP contribution in [0.3, 0.4) is 0 Å². The highest BCUT2D eigenvalue weighted by Crippen LogP contribution is 2.22. The fourth-order valence-electron chi connectivity index (χ4n) is 3.61. The van der Waals surface area contributed by atoms with Crippen molar-refractivity contribution in [3.8, 4) is 0 Å². The zero-order chi connectivity index (χ0) is 22.6. The Morgan fingerprint density at radius 2 is 1.65 bits per heavy atom. The van der Waals surface area contributed by atoms with Crippen molar-refractivity contribution in [2.24, 2.45) is 5.73 Å². The first-order valence-electron chi connectivity index (χ1n) is 10.1. The average Bonchev–Trinajstić information content (AvgIpc) is 2.75. The van der Waals surface area contributed by atoms with Gasteiger partial charge < -0.3 is 16.0 Å². The highest BCUT2D eigenvalue weighted by atomic mass is 32.2. The Labute approximate surface area is 183 Å². The molecule has 0 aromatic heterocycles. The molecule has 3 amide bonds. The van der Waals surface area contributed by atoms with Crippen LogP contribution in [0.25, 0.3) is 0 Å². The minimum atomic E-state index is -3.61. The number of rotatable bonds is 6. The minimum Gasteiger partial charge on any atom is -0.352 e. The molecule has 0 radical (unpaired) electrons. The van der Waals surface area contributed by atoms with Gasteiger partial charge in [-0.15, -0.1) is 0 Å². The Morgan fingerprint density at radius 3 is 2.23 bits per heavy atom. The summed E-state index contributed by atoms with van der Waals surface area (Å²) in [4.78, 5) is 26.1. The second kappa shape index (κ2) is 9.49. The van der Waals surface area contributed by atoms with E-state index in [-0.39, 0.29) is 30.3 Å². The maximum absolute atomic E-state index is 13.0. The maximum Gasteiger partial charge on any atom is 0.312 e. The molecule has 2 aromatic rings. The van der Waals surface area contributed by atoms with Crippen LogP contribution >= 0.6 is 0 Å². The lowest BCUT2D eigenvalue weighted by atomic mass is 10.0. The van der Waals surface area contributed by atoms with Gasteiger partial charge in [-0.3, -0.25) is 4.79 Å². The summed E-state index contributed by atoms with van der Waals surface area (Å²) >= 11 is 0. The minimum absolute atomic E-state index is 0.0524. The quantitative estimate of drug-likeness (QED) is 0.709. The van der Waals surface area contributed by atoms with Gasteiger partial charge >= 0.3 is 6.03 Å². The number of carbonyl (C=O) groups is 2. The van der Waals surface area contributed by atoms with E-state index in [1.807, 2.05) is 44.2 Å². The van der Waals surface area contributed by atoms with Crippen molar-refractivity contribution in [3.63, 3.8) is 0 Å². The number of nitrogens with two attached hydrogens (primary N) is 1. The molecule has 31 heavy (non-hydrogen) atoms. The van der Waals surface area contributed by atoms with Crippen molar-refractivity contribution in [2.75, 3.05) is 26.2 Å². The number of hydrogen-bond donors (Lipinski definition) is 2. The van der Waals surface area contributed by atoms with Gasteiger partial charge in [-0.2, -0.15) is 4.31 Å². The van der Waals surface area contributed by atoms with Gasteiger partial charge in [0.25, 0.3) is 0 Å². The molecule has 8 nitrogen and oxygen atoms in total. The van der Waals surface area contributed by atoms with Gasteiger partial charge in [0.15, 0.2) is 0 Å². The third kappa shape index (κ3) is 5.42. The predicted octanol–water partition coefficient (Wildman–Crippen LogP) is 1.94. The molecule has 1 heterocycles. The predicted molar refractivity (Wildman–Crippen MR) is 118 cm³/mol. The lowest BCUT2D eigenvalue weighted by Crippen LogP contribution is -2.51. The molecular formula is C22H28N4O4S. The summed E-state index contributed by atoms with van der Waals surface area (Å²) in [5.41, 5.74) is 8.02. The smallest absolute Gasteiger partial charge is 0.312 e. The van der Waals surface area contributed by atoms with Crippen LogP contribution in [-0.2, 0) is 14.8 Å². The molecule has 1 saturated heterocycles. The Bertz CT molecular complexity index is 1050. The number of piperazine rings is 1. The highest BCUT2D eigenvalue weighted by Gasteiger charge is 2.31. The normalized spacial score (nSPS) is 16.0. The van der Waals surface area contributed by atoms with Crippen molar-refractivity contribution < 1.29 is 18.0 Å². The molecule has 2 aromatic carbocycles. The van der Waals surface area contributed by atoms with Crippen LogP contribution in [0.2, 0.25) is 0 Å². The number of nitrogens with zero attached hydrogens (tertiary/aromatic N) is 2. The topological polar surface area (TPSA) is 113 Å². The van der Waals surface area contributed by atoms with Gasteiger partial charge in [0.2, 0.25) is 15.9 Å². The number of primary amides is 1. The summed E-state index contributed by atoms with van der Waals surface area (Å²) in [7, 11) is -3.61.